The molecule has 9 nitrogen and oxygen atoms in total. The van der Waals surface area contributed by atoms with Crippen LogP contribution in [-0.4, -0.2) is 64.8 Å². The molecular formula is C14H20I3N3O6. The molecular weight excluding hydrogens is 687 g/mol. The molecule has 0 saturated heterocycles. The highest BCUT2D eigenvalue weighted by atomic mass is 127. The molecule has 0 bridgehead atoms. The van der Waals surface area contributed by atoms with Crippen molar-refractivity contribution in [2.45, 2.75) is 18.8 Å². The number of anilines is 1. The summed E-state index contributed by atoms with van der Waals surface area (Å²) >= 11 is 5.92. The Kier molecular flexibility index (Phi) is 10.8. The van der Waals surface area contributed by atoms with Crippen molar-refractivity contribution in [3.05, 3.63) is 27.0 Å². The highest BCUT2D eigenvalue weighted by molar-refractivity contribution is 14.1. The highest BCUT2D eigenvalue weighted by Gasteiger charge is 2.25. The van der Waals surface area contributed by atoms with Crippen molar-refractivity contribution < 1.29 is 30.3 Å². The van der Waals surface area contributed by atoms with Crippen LogP contribution in [0.3, 0.4) is 0 Å². The van der Waals surface area contributed by atoms with Crippen LogP contribution in [0.2, 0.25) is 0 Å². The van der Waals surface area contributed by atoms with Crippen LogP contribution < -0.4 is 16.1 Å². The van der Waals surface area contributed by atoms with Crippen molar-refractivity contribution in [3.8, 4) is 0 Å². The fourth-order valence-corrected chi connectivity index (χ4v) is 6.09. The van der Waals surface area contributed by atoms with Crippen LogP contribution in [0.1, 0.15) is 15.9 Å². The van der Waals surface area contributed by atoms with E-state index < -0.39 is 31.3 Å². The van der Waals surface area contributed by atoms with E-state index in [0.717, 1.165) is 0 Å². The van der Waals surface area contributed by atoms with Crippen molar-refractivity contribution in [2.24, 2.45) is 0 Å². The number of rotatable bonds is 9. The van der Waals surface area contributed by atoms with Crippen LogP contribution in [0.25, 0.3) is 0 Å². The average molecular weight is 707 g/mol. The van der Waals surface area contributed by atoms with Crippen molar-refractivity contribution in [2.75, 3.05) is 32.0 Å². The van der Waals surface area contributed by atoms with Crippen LogP contribution in [0.15, 0.2) is 0 Å². The van der Waals surface area contributed by atoms with Gasteiger partial charge in [0.1, 0.15) is 19.2 Å². The van der Waals surface area contributed by atoms with Crippen LogP contribution in [0, 0.1) is 15.9 Å². The number of carbonyl (C=O) groups is 1. The Balaban J connectivity index is 3.16. The molecule has 26 heavy (non-hydrogen) atoms. The van der Waals surface area contributed by atoms with Gasteiger partial charge in [-0.05, 0) is 67.8 Å². The van der Waals surface area contributed by atoms with E-state index in [1.165, 1.54) is 0 Å². The molecule has 0 aliphatic carbocycles. The molecule has 0 heterocycles. The monoisotopic (exact) mass is 707 g/mol. The van der Waals surface area contributed by atoms with Crippen LogP contribution in [0.5, 0.6) is 0 Å². The van der Waals surface area contributed by atoms with E-state index in [-0.39, 0.29) is 24.7 Å². The quantitative estimate of drug-likeness (QED) is 0.0925. The van der Waals surface area contributed by atoms with Crippen molar-refractivity contribution >= 4 is 79.4 Å². The first kappa shape index (κ1) is 24.5. The second-order valence-electron chi connectivity index (χ2n) is 5.51. The van der Waals surface area contributed by atoms with E-state index in [0.29, 0.717) is 27.5 Å². The van der Waals surface area contributed by atoms with Crippen LogP contribution in [0.4, 0.5) is 5.69 Å². The van der Waals surface area contributed by atoms with E-state index in [2.05, 4.69) is 5.32 Å². The minimum absolute atomic E-state index is 0.0335. The molecule has 148 valence electrons. The number of hydrogen-bond donors (Lipinski definition) is 7. The number of nitrogens with one attached hydrogen (secondary N) is 2. The van der Waals surface area contributed by atoms with E-state index in [4.69, 9.17) is 15.9 Å². The van der Waals surface area contributed by atoms with Gasteiger partial charge in [0.05, 0.1) is 34.1 Å². The minimum atomic E-state index is -1.12. The molecule has 8 N–H and O–H groups in total. The van der Waals surface area contributed by atoms with E-state index in [1.807, 2.05) is 67.8 Å². The molecule has 3 atom stereocenters. The fourth-order valence-electron chi connectivity index (χ4n) is 2.05. The Morgan fingerprint density at radius 2 is 1.69 bits per heavy atom. The van der Waals surface area contributed by atoms with Gasteiger partial charge in [-0.25, -0.2) is 0 Å². The molecule has 12 heteroatoms. The third kappa shape index (κ3) is 6.50. The van der Waals surface area contributed by atoms with Gasteiger partial charge in [0.2, 0.25) is 0 Å². The number of aliphatic hydroxyl groups is 4. The molecule has 0 aliphatic rings. The Morgan fingerprint density at radius 1 is 1.12 bits per heavy atom. The van der Waals surface area contributed by atoms with Gasteiger partial charge in [-0.2, -0.15) is 0 Å². The number of quaternary nitrogens is 1. The van der Waals surface area contributed by atoms with Crippen molar-refractivity contribution in [1.82, 2.24) is 5.32 Å². The Morgan fingerprint density at radius 3 is 2.23 bits per heavy atom. The number of hydrogen-bond acceptors (Lipinski definition) is 7. The van der Waals surface area contributed by atoms with Crippen molar-refractivity contribution in [1.29, 1.82) is 0 Å². The number of benzene rings is 1. The maximum Gasteiger partial charge on any atom is 0.253 e. The Hall–Kier alpha value is 0.440. The van der Waals surface area contributed by atoms with Gasteiger partial charge >= 0.3 is 0 Å². The summed E-state index contributed by atoms with van der Waals surface area (Å²) < 4.78 is 1.72. The zero-order valence-electron chi connectivity index (χ0n) is 13.5. The molecule has 3 unspecified atom stereocenters. The second-order valence-corrected chi connectivity index (χ2v) is 8.75. The first-order valence-corrected chi connectivity index (χ1v) is 10.7. The highest BCUT2D eigenvalue weighted by Crippen LogP contribution is 2.33. The predicted octanol–water partition coefficient (Wildman–Crippen LogP) is -1.60. The predicted molar refractivity (Wildman–Crippen MR) is 120 cm³/mol. The molecule has 0 spiro atoms. The number of halogens is 3. The first-order valence-electron chi connectivity index (χ1n) is 7.46. The summed E-state index contributed by atoms with van der Waals surface area (Å²) in [5.41, 5.74) is 7.32. The summed E-state index contributed by atoms with van der Waals surface area (Å²) in [6, 6.07) is 0. The van der Waals surface area contributed by atoms with E-state index in [1.54, 1.807) is 0 Å². The van der Waals surface area contributed by atoms with E-state index in [9.17, 15) is 20.2 Å². The first-order chi connectivity index (χ1) is 12.1. The number of hydroxylamine groups is 2. The molecule has 0 aliphatic heterocycles. The molecule has 1 aromatic carbocycles. The van der Waals surface area contributed by atoms with Gasteiger partial charge in [0, 0.05) is 19.2 Å². The maximum absolute atomic E-state index is 12.5. The van der Waals surface area contributed by atoms with Gasteiger partial charge in [0.25, 0.3) is 5.91 Å². The van der Waals surface area contributed by atoms with E-state index >= 15 is 0 Å². The van der Waals surface area contributed by atoms with Gasteiger partial charge in [-0.1, -0.05) is 0 Å². The second kappa shape index (κ2) is 11.4. The lowest BCUT2D eigenvalue weighted by Gasteiger charge is -2.26. The third-order valence-corrected chi connectivity index (χ3v) is 6.97. The average Bonchev–Trinajstić information content (AvgIpc) is 2.61. The fraction of sp³-hybridized carbons (Fsp3) is 0.500. The molecule has 0 fully saturated rings. The molecule has 0 radical (unpaired) electrons. The molecule has 0 aromatic heterocycles. The lowest BCUT2D eigenvalue weighted by molar-refractivity contribution is -0.866. The van der Waals surface area contributed by atoms with Crippen LogP contribution >= 0.6 is 67.8 Å². The standard InChI is InChI=1S/C14H20I3N3O6/c15-10-8(3-20(26)2-7(24)5-22)11(16)13(18)12(17)9(10)14(25)19-1-6(23)4-21/h6-7,20-24H,1-5,18H2,(H,19,25). The van der Waals surface area contributed by atoms with Crippen LogP contribution in [-0.2, 0) is 6.54 Å². The summed E-state index contributed by atoms with van der Waals surface area (Å²) in [5, 5.41) is 50.9. The van der Waals surface area contributed by atoms with Crippen molar-refractivity contribution in [3.63, 3.8) is 0 Å². The number of amides is 1. The number of nitrogen functional groups attached to an aromatic ring is 1. The zero-order valence-corrected chi connectivity index (χ0v) is 20.0. The smallest absolute Gasteiger partial charge is 0.253 e. The third-order valence-electron chi connectivity index (χ3n) is 3.43. The number of aliphatic hydroxyl groups excluding tert-OH is 4. The molecule has 0 saturated carbocycles. The molecule has 1 amide bonds. The lowest BCUT2D eigenvalue weighted by Crippen LogP contribution is -3.07. The summed E-state index contributed by atoms with van der Waals surface area (Å²) in [6.07, 6.45) is -2.20. The summed E-state index contributed by atoms with van der Waals surface area (Å²) in [5.74, 6) is -0.474. The maximum atomic E-state index is 12.5. The topological polar surface area (TPSA) is 164 Å². The SMILES string of the molecule is Nc1c(I)c(C[NH+]([O-])CC(O)CO)c(I)c(C(=O)NCC(O)CO)c1I. The summed E-state index contributed by atoms with van der Waals surface area (Å²) in [4.78, 5) is 12.5. The van der Waals surface area contributed by atoms with Gasteiger partial charge in [-0.3, -0.25) is 4.79 Å². The largest absolute Gasteiger partial charge is 0.634 e. The zero-order chi connectivity index (χ0) is 20.0. The summed E-state index contributed by atoms with van der Waals surface area (Å²) in [6.45, 7) is -1.33. The van der Waals surface area contributed by atoms with Gasteiger partial charge in [-0.15, -0.1) is 0 Å². The normalized spacial score (nSPS) is 14.8. The van der Waals surface area contributed by atoms with Gasteiger partial charge < -0.3 is 41.7 Å². The molecule has 1 aromatic rings. The molecule has 1 rings (SSSR count). The number of nitrogens with two attached hydrogens (primary N) is 1. The number of carbonyl (C=O) groups excluding carboxylic acids is 1. The Labute approximate surface area is 191 Å². The minimum Gasteiger partial charge on any atom is -0.634 e. The van der Waals surface area contributed by atoms with Gasteiger partial charge in [0.15, 0.2) is 0 Å². The lowest BCUT2D eigenvalue weighted by atomic mass is 10.1. The Bertz CT molecular complexity index is 649. The summed E-state index contributed by atoms with van der Waals surface area (Å²) in [7, 11) is 0.